The fraction of sp³-hybridized carbons (Fsp3) is 0.429. The number of hydrogen-bond acceptors (Lipinski definition) is 8. The number of carbonyl (C=O) groups excluding carboxylic acids is 1. The summed E-state index contributed by atoms with van der Waals surface area (Å²) in [6.07, 6.45) is 15.5. The van der Waals surface area contributed by atoms with Gasteiger partial charge in [-0.25, -0.2) is 4.79 Å². The highest BCUT2D eigenvalue weighted by atomic mass is 32.1. The first kappa shape index (κ1) is 34.7. The van der Waals surface area contributed by atoms with Gasteiger partial charge in [0.25, 0.3) is 0 Å². The number of unbranched alkanes of at least 4 members (excludes halogenated alkanes) is 3. The number of ether oxygens (including phenoxy) is 1. The highest BCUT2D eigenvalue weighted by Gasteiger charge is 2.29. The third-order valence-electron chi connectivity index (χ3n) is 7.51. The summed E-state index contributed by atoms with van der Waals surface area (Å²) in [7, 11) is 0. The summed E-state index contributed by atoms with van der Waals surface area (Å²) in [4.78, 5) is 38.0. The summed E-state index contributed by atoms with van der Waals surface area (Å²) in [5.74, 6) is -2.33. The second kappa shape index (κ2) is 16.9. The minimum absolute atomic E-state index is 0.00566. The van der Waals surface area contributed by atoms with Crippen LogP contribution in [0.15, 0.2) is 45.6 Å². The van der Waals surface area contributed by atoms with Crippen molar-refractivity contribution in [3.63, 3.8) is 0 Å². The molecular weight excluding hydrogens is 580 g/mol. The van der Waals surface area contributed by atoms with E-state index in [2.05, 4.69) is 0 Å². The number of fused-ring (bicyclic) bond motifs is 1. The highest BCUT2D eigenvalue weighted by molar-refractivity contribution is 7.81. The molecule has 0 saturated carbocycles. The van der Waals surface area contributed by atoms with Gasteiger partial charge in [-0.1, -0.05) is 75.7 Å². The maximum Gasteiger partial charge on any atom is 0.372 e. The number of carboxylic acid groups (broad SMARTS) is 1. The van der Waals surface area contributed by atoms with E-state index in [-0.39, 0.29) is 27.7 Å². The van der Waals surface area contributed by atoms with Crippen LogP contribution in [0, 0.1) is 0 Å². The Morgan fingerprint density at radius 2 is 1.91 bits per heavy atom. The molecule has 3 N–H and O–H groups in total. The van der Waals surface area contributed by atoms with E-state index in [1.165, 1.54) is 13.0 Å². The van der Waals surface area contributed by atoms with E-state index in [4.69, 9.17) is 21.4 Å². The number of rotatable bonds is 17. The van der Waals surface area contributed by atoms with Crippen LogP contribution in [0.1, 0.15) is 110 Å². The number of carbonyl (C=O) groups is 2. The first-order valence-corrected chi connectivity index (χ1v) is 15.7. The lowest BCUT2D eigenvalue weighted by Gasteiger charge is -2.21. The maximum absolute atomic E-state index is 13.5. The molecule has 44 heavy (non-hydrogen) atoms. The monoisotopic (exact) mass is 622 g/mol. The van der Waals surface area contributed by atoms with Crippen molar-refractivity contribution in [2.24, 2.45) is 0 Å². The molecule has 0 amide bonds. The van der Waals surface area contributed by atoms with Crippen LogP contribution in [0.4, 0.5) is 0 Å². The fourth-order valence-corrected chi connectivity index (χ4v) is 5.38. The van der Waals surface area contributed by atoms with Crippen molar-refractivity contribution in [3.05, 3.63) is 79.7 Å². The predicted octanol–water partition coefficient (Wildman–Crippen LogP) is 5.53. The second-order valence-electron chi connectivity index (χ2n) is 10.9. The second-order valence-corrected chi connectivity index (χ2v) is 11.4. The zero-order valence-corrected chi connectivity index (χ0v) is 26.5. The average molecular weight is 623 g/mol. The van der Waals surface area contributed by atoms with Crippen molar-refractivity contribution < 1.29 is 34.1 Å². The predicted molar refractivity (Wildman–Crippen MR) is 175 cm³/mol. The quantitative estimate of drug-likeness (QED) is 0.0901. The van der Waals surface area contributed by atoms with Gasteiger partial charge < -0.3 is 24.5 Å². The van der Waals surface area contributed by atoms with E-state index in [0.717, 1.165) is 38.5 Å². The van der Waals surface area contributed by atoms with Gasteiger partial charge in [0, 0.05) is 22.8 Å². The Morgan fingerprint density at radius 3 is 2.59 bits per heavy atom. The van der Waals surface area contributed by atoms with Crippen LogP contribution in [-0.4, -0.2) is 44.6 Å². The lowest BCUT2D eigenvalue weighted by molar-refractivity contribution is 0.0650. The Labute approximate surface area is 263 Å². The highest BCUT2D eigenvalue weighted by Crippen LogP contribution is 2.33. The van der Waals surface area contributed by atoms with Gasteiger partial charge in [-0.2, -0.15) is 0 Å². The molecule has 0 spiro atoms. The Balaban J connectivity index is 1.69. The zero-order chi connectivity index (χ0) is 32.2. The fourth-order valence-electron chi connectivity index (χ4n) is 5.19. The molecular formula is C35H42O8S. The molecule has 1 aliphatic carbocycles. The van der Waals surface area contributed by atoms with E-state index in [1.807, 2.05) is 26.0 Å². The number of phenolic OH excluding ortho intramolecular Hbond substituents is 1. The molecule has 236 valence electrons. The topological polar surface area (TPSA) is 134 Å². The van der Waals surface area contributed by atoms with Crippen molar-refractivity contribution in [2.45, 2.75) is 90.6 Å². The molecule has 3 rings (SSSR count). The molecule has 1 heterocycles. The lowest BCUT2D eigenvalue weighted by atomic mass is 9.88. The number of ketones is 1. The number of aromatic carboxylic acids is 1. The van der Waals surface area contributed by atoms with Gasteiger partial charge in [0.1, 0.15) is 16.9 Å². The molecule has 8 nitrogen and oxygen atoms in total. The smallest absolute Gasteiger partial charge is 0.372 e. The number of thiocarbonyl (C=S) groups is 1. The van der Waals surface area contributed by atoms with Crippen molar-refractivity contribution in [1.82, 2.24) is 0 Å². The third-order valence-corrected chi connectivity index (χ3v) is 7.80. The molecule has 0 unspecified atom stereocenters. The summed E-state index contributed by atoms with van der Waals surface area (Å²) in [6.45, 7) is 5.87. The van der Waals surface area contributed by atoms with Crippen molar-refractivity contribution in [2.75, 3.05) is 6.61 Å². The number of Topliss-reactive ketones (excluding diaryl/α,β-unsaturated/α-hetero) is 1. The van der Waals surface area contributed by atoms with Crippen LogP contribution in [-0.2, 0) is 6.42 Å². The summed E-state index contributed by atoms with van der Waals surface area (Å²) in [5, 5.41) is 31.7. The SMILES string of the molecule is CCCC[C@H](O)[C@H](/C=C/C=C\CCCCOc1ccc(C(C)=O)c(O)c1CCC)c1c(C(=O)O)oc2c(c1=O)=CCC(=S)C=2. The number of allylic oxidation sites excluding steroid dienone is 3. The van der Waals surface area contributed by atoms with E-state index < -0.39 is 29.2 Å². The Morgan fingerprint density at radius 1 is 1.14 bits per heavy atom. The Bertz CT molecular complexity index is 1600. The van der Waals surface area contributed by atoms with Crippen LogP contribution in [0.5, 0.6) is 11.5 Å². The molecule has 0 bridgehead atoms. The van der Waals surface area contributed by atoms with Crippen molar-refractivity contribution >= 4 is 41.0 Å². The molecule has 9 heteroatoms. The maximum atomic E-state index is 13.5. The Kier molecular flexibility index (Phi) is 13.3. The van der Waals surface area contributed by atoms with Gasteiger partial charge >= 0.3 is 5.97 Å². The number of aromatic hydroxyl groups is 1. The summed E-state index contributed by atoms with van der Waals surface area (Å²) < 4.78 is 11.6. The summed E-state index contributed by atoms with van der Waals surface area (Å²) >= 11 is 5.20. The number of aliphatic hydroxyl groups excluding tert-OH is 1. The van der Waals surface area contributed by atoms with Crippen LogP contribution in [0.2, 0.25) is 0 Å². The van der Waals surface area contributed by atoms with Gasteiger partial charge in [0.2, 0.25) is 5.76 Å². The molecule has 1 aliphatic rings. The molecule has 1 aromatic carbocycles. The van der Waals surface area contributed by atoms with E-state index in [9.17, 15) is 29.7 Å². The van der Waals surface area contributed by atoms with Gasteiger partial charge in [-0.05, 0) is 57.2 Å². The molecule has 0 saturated heterocycles. The number of carboxylic acids is 1. The standard InChI is InChI=1S/C35H42O8S/c1-4-6-15-28(37)25(31-33(39)27-17-16-23(44)21-30(27)43-34(31)35(40)41)14-11-9-7-8-10-12-20-42-29-19-18-24(22(3)36)32(38)26(29)13-5-2/h7,9,11,14,17-19,21,25,28,37-38H,4-6,8,10,12-13,15-16,20H2,1-3H3,(H,40,41)/b9-7-,14-11+/t25-,28-/m0/s1. The molecule has 0 radical (unpaired) electrons. The van der Waals surface area contributed by atoms with Gasteiger partial charge in [-0.15, -0.1) is 0 Å². The van der Waals surface area contributed by atoms with Gasteiger partial charge in [-0.3, -0.25) is 9.59 Å². The summed E-state index contributed by atoms with van der Waals surface area (Å²) in [5.41, 5.74) is 0.548. The number of aliphatic hydroxyl groups is 1. The minimum Gasteiger partial charge on any atom is -0.507 e. The molecule has 2 aromatic rings. The average Bonchev–Trinajstić information content (AvgIpc) is 2.98. The first-order valence-electron chi connectivity index (χ1n) is 15.3. The summed E-state index contributed by atoms with van der Waals surface area (Å²) in [6, 6.07) is 3.33. The minimum atomic E-state index is -1.38. The van der Waals surface area contributed by atoms with E-state index in [0.29, 0.717) is 47.6 Å². The third kappa shape index (κ3) is 8.86. The van der Waals surface area contributed by atoms with Gasteiger partial charge in [0.05, 0.1) is 29.1 Å². The van der Waals surface area contributed by atoms with Crippen molar-refractivity contribution in [1.29, 1.82) is 0 Å². The van der Waals surface area contributed by atoms with Crippen LogP contribution >= 0.6 is 12.2 Å². The van der Waals surface area contributed by atoms with E-state index >= 15 is 0 Å². The van der Waals surface area contributed by atoms with E-state index in [1.54, 1.807) is 30.4 Å². The first-order chi connectivity index (χ1) is 21.1. The van der Waals surface area contributed by atoms with Crippen LogP contribution in [0.25, 0.3) is 12.2 Å². The molecule has 2 atom stereocenters. The number of phenols is 1. The Hall–Kier alpha value is -3.82. The molecule has 1 aromatic heterocycles. The van der Waals surface area contributed by atoms with Crippen molar-refractivity contribution in [3.8, 4) is 11.5 Å². The molecule has 0 aliphatic heterocycles. The molecule has 0 fully saturated rings. The number of hydrogen-bond donors (Lipinski definition) is 3. The van der Waals surface area contributed by atoms with Gasteiger partial charge in [0.15, 0.2) is 11.2 Å². The van der Waals surface area contributed by atoms with Crippen LogP contribution < -0.4 is 20.8 Å². The largest absolute Gasteiger partial charge is 0.507 e. The normalized spacial score (nSPS) is 14.2. The zero-order valence-electron chi connectivity index (χ0n) is 25.6. The number of benzene rings is 1. The van der Waals surface area contributed by atoms with Crippen LogP contribution in [0.3, 0.4) is 0 Å². The lowest BCUT2D eigenvalue weighted by Crippen LogP contribution is -2.45.